The van der Waals surface area contributed by atoms with Crippen LogP contribution >= 0.6 is 0 Å². The maximum atomic E-state index is 6.31. The molecule has 1 saturated carbocycles. The molecule has 16 heavy (non-hydrogen) atoms. The zero-order valence-electron chi connectivity index (χ0n) is 11.6. The maximum Gasteiger partial charge on any atom is 0.00844 e. The van der Waals surface area contributed by atoms with E-state index in [4.69, 9.17) is 5.73 Å². The molecule has 1 aliphatic carbocycles. The number of nitrogens with two attached hydrogens (primary N) is 1. The lowest BCUT2D eigenvalue weighted by molar-refractivity contribution is 0.129. The molecule has 0 aromatic heterocycles. The lowest BCUT2D eigenvalue weighted by Crippen LogP contribution is -2.46. The topological polar surface area (TPSA) is 29.3 Å². The number of nitrogens with zero attached hydrogens (tertiary/aromatic N) is 1. The Balaban J connectivity index is 2.39. The van der Waals surface area contributed by atoms with Gasteiger partial charge in [-0.1, -0.05) is 27.2 Å². The molecule has 0 saturated heterocycles. The molecule has 0 heterocycles. The van der Waals surface area contributed by atoms with Gasteiger partial charge in [0, 0.05) is 12.6 Å². The molecule has 0 spiro atoms. The summed E-state index contributed by atoms with van der Waals surface area (Å²) >= 11 is 0. The number of unbranched alkanes of at least 4 members (excludes halogenated alkanes) is 1. The van der Waals surface area contributed by atoms with Crippen molar-refractivity contribution in [2.24, 2.45) is 23.5 Å². The minimum atomic E-state index is 0.419. The van der Waals surface area contributed by atoms with E-state index in [0.29, 0.717) is 12.0 Å². The summed E-state index contributed by atoms with van der Waals surface area (Å²) in [6.45, 7) is 9.39. The lowest BCUT2D eigenvalue weighted by Gasteiger charge is -2.39. The minimum Gasteiger partial charge on any atom is -0.327 e. The molecule has 96 valence electrons. The fraction of sp³-hybridized carbons (Fsp3) is 1.00. The van der Waals surface area contributed by atoms with E-state index in [1.807, 2.05) is 0 Å². The summed E-state index contributed by atoms with van der Waals surface area (Å²) in [6.07, 6.45) is 5.17. The van der Waals surface area contributed by atoms with Gasteiger partial charge in [-0.2, -0.15) is 0 Å². The molecule has 1 fully saturated rings. The van der Waals surface area contributed by atoms with Crippen molar-refractivity contribution in [2.75, 3.05) is 20.1 Å². The third-order valence-electron chi connectivity index (χ3n) is 4.15. The van der Waals surface area contributed by atoms with Crippen molar-refractivity contribution in [1.82, 2.24) is 4.90 Å². The summed E-state index contributed by atoms with van der Waals surface area (Å²) in [5, 5.41) is 0. The van der Waals surface area contributed by atoms with E-state index in [0.717, 1.165) is 11.8 Å². The van der Waals surface area contributed by atoms with E-state index in [-0.39, 0.29) is 0 Å². The smallest absolute Gasteiger partial charge is 0.00844 e. The van der Waals surface area contributed by atoms with Crippen molar-refractivity contribution in [3.05, 3.63) is 0 Å². The first-order chi connectivity index (χ1) is 7.54. The maximum absolute atomic E-state index is 6.31. The Hall–Kier alpha value is -0.0800. The Morgan fingerprint density at radius 2 is 1.94 bits per heavy atom. The molecule has 0 amide bonds. The van der Waals surface area contributed by atoms with Crippen molar-refractivity contribution in [1.29, 1.82) is 0 Å². The Labute approximate surface area is 102 Å². The Bertz CT molecular complexity index is 181. The molecular weight excluding hydrogens is 196 g/mol. The first kappa shape index (κ1) is 14.0. The molecule has 2 nitrogen and oxygen atoms in total. The lowest BCUT2D eigenvalue weighted by atomic mass is 9.72. The molecule has 1 rings (SSSR count). The molecule has 0 bridgehead atoms. The number of hydrogen-bond acceptors (Lipinski definition) is 2. The minimum absolute atomic E-state index is 0.419. The van der Waals surface area contributed by atoms with Gasteiger partial charge < -0.3 is 10.6 Å². The van der Waals surface area contributed by atoms with Gasteiger partial charge in [-0.3, -0.25) is 0 Å². The van der Waals surface area contributed by atoms with Gasteiger partial charge in [-0.15, -0.1) is 0 Å². The van der Waals surface area contributed by atoms with Crippen LogP contribution in [0.2, 0.25) is 0 Å². The van der Waals surface area contributed by atoms with E-state index in [2.05, 4.69) is 32.7 Å². The fourth-order valence-corrected chi connectivity index (χ4v) is 3.16. The highest BCUT2D eigenvalue weighted by atomic mass is 15.1. The standard InChI is InChI=1S/C14H30N2/c1-5-6-7-16(4)10-13-12(3)8-11(2)9-14(13)15/h11-14H,5-10,15H2,1-4H3. The molecule has 4 unspecified atom stereocenters. The van der Waals surface area contributed by atoms with Crippen LogP contribution < -0.4 is 5.73 Å². The molecule has 0 radical (unpaired) electrons. The summed E-state index contributed by atoms with van der Waals surface area (Å²) in [6, 6.07) is 0.419. The van der Waals surface area contributed by atoms with E-state index < -0.39 is 0 Å². The van der Waals surface area contributed by atoms with E-state index >= 15 is 0 Å². The summed E-state index contributed by atoms with van der Waals surface area (Å²) in [5.74, 6) is 2.32. The van der Waals surface area contributed by atoms with Crippen LogP contribution in [0.1, 0.15) is 46.5 Å². The van der Waals surface area contributed by atoms with E-state index in [9.17, 15) is 0 Å². The van der Waals surface area contributed by atoms with Crippen molar-refractivity contribution in [3.8, 4) is 0 Å². The normalized spacial score (nSPS) is 35.6. The van der Waals surface area contributed by atoms with Crippen LogP contribution in [0.4, 0.5) is 0 Å². The van der Waals surface area contributed by atoms with Gasteiger partial charge in [0.2, 0.25) is 0 Å². The highest BCUT2D eigenvalue weighted by molar-refractivity contribution is 4.86. The van der Waals surface area contributed by atoms with Crippen LogP contribution in [0.15, 0.2) is 0 Å². The van der Waals surface area contributed by atoms with Crippen LogP contribution in [-0.2, 0) is 0 Å². The zero-order chi connectivity index (χ0) is 12.1. The zero-order valence-corrected chi connectivity index (χ0v) is 11.6. The Morgan fingerprint density at radius 3 is 2.50 bits per heavy atom. The quantitative estimate of drug-likeness (QED) is 0.781. The summed E-state index contributed by atoms with van der Waals surface area (Å²) in [4.78, 5) is 2.47. The Kier molecular flexibility index (Phi) is 5.77. The van der Waals surface area contributed by atoms with Crippen LogP contribution in [0.3, 0.4) is 0 Å². The van der Waals surface area contributed by atoms with Crippen LogP contribution in [0, 0.1) is 17.8 Å². The third kappa shape index (κ3) is 4.06. The summed E-state index contributed by atoms with van der Waals surface area (Å²) < 4.78 is 0. The molecule has 2 heteroatoms. The van der Waals surface area contributed by atoms with E-state index in [1.165, 1.54) is 38.8 Å². The molecule has 2 N–H and O–H groups in total. The third-order valence-corrected chi connectivity index (χ3v) is 4.15. The largest absolute Gasteiger partial charge is 0.327 e. The Morgan fingerprint density at radius 1 is 1.25 bits per heavy atom. The predicted octanol–water partition coefficient (Wildman–Crippen LogP) is 2.73. The molecule has 4 atom stereocenters. The van der Waals surface area contributed by atoms with Gasteiger partial charge in [-0.05, 0) is 50.6 Å². The SMILES string of the molecule is CCCCN(C)CC1C(C)CC(C)CC1N. The first-order valence-corrected chi connectivity index (χ1v) is 6.98. The molecule has 0 aromatic rings. The average Bonchev–Trinajstić information content (AvgIpc) is 2.20. The summed E-state index contributed by atoms with van der Waals surface area (Å²) in [7, 11) is 2.24. The summed E-state index contributed by atoms with van der Waals surface area (Å²) in [5.41, 5.74) is 6.31. The van der Waals surface area contributed by atoms with Crippen molar-refractivity contribution in [2.45, 2.75) is 52.5 Å². The number of rotatable bonds is 5. The monoisotopic (exact) mass is 226 g/mol. The van der Waals surface area contributed by atoms with Gasteiger partial charge in [0.1, 0.15) is 0 Å². The average molecular weight is 226 g/mol. The predicted molar refractivity (Wildman–Crippen MR) is 71.4 cm³/mol. The van der Waals surface area contributed by atoms with Crippen molar-refractivity contribution >= 4 is 0 Å². The fourth-order valence-electron chi connectivity index (χ4n) is 3.16. The van der Waals surface area contributed by atoms with Crippen molar-refractivity contribution < 1.29 is 0 Å². The second kappa shape index (κ2) is 6.61. The molecular formula is C14H30N2. The molecule has 0 aromatic carbocycles. The number of hydrogen-bond donors (Lipinski definition) is 1. The molecule has 0 aliphatic heterocycles. The highest BCUT2D eigenvalue weighted by Gasteiger charge is 2.32. The van der Waals surface area contributed by atoms with Gasteiger partial charge in [0.15, 0.2) is 0 Å². The van der Waals surface area contributed by atoms with Gasteiger partial charge >= 0.3 is 0 Å². The molecule has 1 aliphatic rings. The highest BCUT2D eigenvalue weighted by Crippen LogP contribution is 2.33. The van der Waals surface area contributed by atoms with Gasteiger partial charge in [0.25, 0.3) is 0 Å². The van der Waals surface area contributed by atoms with Crippen molar-refractivity contribution in [3.63, 3.8) is 0 Å². The van der Waals surface area contributed by atoms with Gasteiger partial charge in [-0.25, -0.2) is 0 Å². The van der Waals surface area contributed by atoms with Crippen LogP contribution in [0.25, 0.3) is 0 Å². The van der Waals surface area contributed by atoms with Gasteiger partial charge in [0.05, 0.1) is 0 Å². The second-order valence-corrected chi connectivity index (χ2v) is 6.00. The second-order valence-electron chi connectivity index (χ2n) is 6.00. The van der Waals surface area contributed by atoms with Crippen LogP contribution in [0.5, 0.6) is 0 Å². The first-order valence-electron chi connectivity index (χ1n) is 6.98. The van der Waals surface area contributed by atoms with Crippen LogP contribution in [-0.4, -0.2) is 31.1 Å². The van der Waals surface area contributed by atoms with E-state index in [1.54, 1.807) is 0 Å².